The van der Waals surface area contributed by atoms with Crippen molar-refractivity contribution >= 4 is 11.6 Å². The number of ketones is 2. The molecule has 0 heterocycles. The summed E-state index contributed by atoms with van der Waals surface area (Å²) in [6, 6.07) is 0. The number of hydrogen-bond donors (Lipinski definition) is 1. The van der Waals surface area contributed by atoms with Crippen LogP contribution in [0, 0.1) is 28.6 Å². The van der Waals surface area contributed by atoms with Crippen molar-refractivity contribution in [1.29, 1.82) is 0 Å². The Bertz CT molecular complexity index is 577. The van der Waals surface area contributed by atoms with Gasteiger partial charge in [-0.1, -0.05) is 19.4 Å². The van der Waals surface area contributed by atoms with Gasteiger partial charge in [-0.25, -0.2) is 0 Å². The van der Waals surface area contributed by atoms with Crippen molar-refractivity contribution in [3.05, 3.63) is 11.6 Å². The van der Waals surface area contributed by atoms with Crippen molar-refractivity contribution in [1.82, 2.24) is 0 Å². The van der Waals surface area contributed by atoms with Crippen LogP contribution >= 0.6 is 0 Å². The highest BCUT2D eigenvalue weighted by atomic mass is 16.3. The first-order chi connectivity index (χ1) is 10.4. The molecule has 3 saturated carbocycles. The van der Waals surface area contributed by atoms with Crippen molar-refractivity contribution < 1.29 is 14.7 Å². The number of rotatable bonds is 0. The van der Waals surface area contributed by atoms with Gasteiger partial charge in [0.1, 0.15) is 5.78 Å². The van der Waals surface area contributed by atoms with E-state index in [1.165, 1.54) is 5.57 Å². The Morgan fingerprint density at radius 1 is 1.09 bits per heavy atom. The summed E-state index contributed by atoms with van der Waals surface area (Å²) in [6.45, 7) is 4.35. The maximum absolute atomic E-state index is 12.4. The molecule has 0 spiro atoms. The summed E-state index contributed by atoms with van der Waals surface area (Å²) < 4.78 is 0. The Kier molecular flexibility index (Phi) is 3.01. The number of aliphatic hydroxyl groups is 1. The molecule has 0 aromatic heterocycles. The molecule has 3 heteroatoms. The molecule has 120 valence electrons. The van der Waals surface area contributed by atoms with E-state index in [1.807, 2.05) is 6.08 Å². The quantitative estimate of drug-likeness (QED) is 0.748. The van der Waals surface area contributed by atoms with Gasteiger partial charge in [-0.15, -0.1) is 0 Å². The summed E-state index contributed by atoms with van der Waals surface area (Å²) in [7, 11) is 0. The van der Waals surface area contributed by atoms with Gasteiger partial charge in [-0.2, -0.15) is 0 Å². The fourth-order valence-corrected chi connectivity index (χ4v) is 6.38. The Balaban J connectivity index is 1.73. The van der Waals surface area contributed by atoms with Crippen LogP contribution in [-0.4, -0.2) is 22.8 Å². The van der Waals surface area contributed by atoms with Gasteiger partial charge in [0.25, 0.3) is 0 Å². The highest BCUT2D eigenvalue weighted by molar-refractivity contribution is 5.92. The van der Waals surface area contributed by atoms with Gasteiger partial charge in [-0.05, 0) is 55.9 Å². The average Bonchev–Trinajstić information content (AvgIpc) is 2.77. The lowest BCUT2D eigenvalue weighted by molar-refractivity contribution is -0.136. The van der Waals surface area contributed by atoms with E-state index >= 15 is 0 Å². The maximum atomic E-state index is 12.4. The predicted molar refractivity (Wildman–Crippen MR) is 83.1 cm³/mol. The zero-order chi connectivity index (χ0) is 15.7. The normalized spacial score (nSPS) is 51.0. The van der Waals surface area contributed by atoms with Gasteiger partial charge in [-0.3, -0.25) is 9.59 Å². The number of carbonyl (C=O) groups excluding carboxylic acids is 2. The highest BCUT2D eigenvalue weighted by Gasteiger charge is 2.60. The molecule has 3 nitrogen and oxygen atoms in total. The smallest absolute Gasteiger partial charge is 0.158 e. The van der Waals surface area contributed by atoms with E-state index in [-0.39, 0.29) is 23.0 Å². The van der Waals surface area contributed by atoms with Gasteiger partial charge >= 0.3 is 0 Å². The first kappa shape index (κ1) is 14.6. The molecular weight excluding hydrogens is 276 g/mol. The van der Waals surface area contributed by atoms with E-state index in [2.05, 4.69) is 13.8 Å². The third kappa shape index (κ3) is 1.66. The maximum Gasteiger partial charge on any atom is 0.158 e. The number of carbonyl (C=O) groups is 2. The Morgan fingerprint density at radius 2 is 1.86 bits per heavy atom. The summed E-state index contributed by atoms with van der Waals surface area (Å²) in [5.74, 6) is 1.99. The van der Waals surface area contributed by atoms with Crippen molar-refractivity contribution in [3.8, 4) is 0 Å². The van der Waals surface area contributed by atoms with E-state index in [9.17, 15) is 14.7 Å². The fourth-order valence-electron chi connectivity index (χ4n) is 6.38. The predicted octanol–water partition coefficient (Wildman–Crippen LogP) is 3.06. The van der Waals surface area contributed by atoms with Crippen LogP contribution in [0.1, 0.15) is 58.8 Å². The van der Waals surface area contributed by atoms with Crippen LogP contribution in [0.4, 0.5) is 0 Å². The minimum Gasteiger partial charge on any atom is -0.392 e. The van der Waals surface area contributed by atoms with Crippen LogP contribution in [0.15, 0.2) is 11.6 Å². The van der Waals surface area contributed by atoms with Crippen LogP contribution in [0.5, 0.6) is 0 Å². The van der Waals surface area contributed by atoms with Gasteiger partial charge in [0.05, 0.1) is 6.10 Å². The standard InChI is InChI=1S/C19H26O3/c1-18-8-7-15-13(14(18)5-6-16(18)21)4-3-11-9-12(20)10-17(22)19(11,15)2/h9,13-15,17,22H,3-8,10H2,1-2H3/t13-,14-,15-,17?,18-,19-/m0/s1. The first-order valence-electron chi connectivity index (χ1n) is 8.82. The van der Waals surface area contributed by atoms with Crippen LogP contribution in [0.3, 0.4) is 0 Å². The molecule has 0 radical (unpaired) electrons. The number of hydrogen-bond acceptors (Lipinski definition) is 3. The summed E-state index contributed by atoms with van der Waals surface area (Å²) in [5.41, 5.74) is 0.809. The third-order valence-electron chi connectivity index (χ3n) is 7.78. The zero-order valence-electron chi connectivity index (χ0n) is 13.6. The van der Waals surface area contributed by atoms with E-state index < -0.39 is 6.10 Å². The Hall–Kier alpha value is -0.960. The molecule has 0 aromatic carbocycles. The molecule has 0 amide bonds. The van der Waals surface area contributed by atoms with Crippen molar-refractivity contribution in [2.45, 2.75) is 64.9 Å². The van der Waals surface area contributed by atoms with Gasteiger partial charge in [0, 0.05) is 23.7 Å². The van der Waals surface area contributed by atoms with Gasteiger partial charge in [0.15, 0.2) is 5.78 Å². The molecule has 0 aliphatic heterocycles. The third-order valence-corrected chi connectivity index (χ3v) is 7.78. The lowest BCUT2D eigenvalue weighted by Crippen LogP contribution is -2.55. The van der Waals surface area contributed by atoms with Gasteiger partial charge < -0.3 is 5.11 Å². The zero-order valence-corrected chi connectivity index (χ0v) is 13.6. The number of fused-ring (bicyclic) bond motifs is 5. The molecule has 22 heavy (non-hydrogen) atoms. The Morgan fingerprint density at radius 3 is 2.64 bits per heavy atom. The second-order valence-corrected chi connectivity index (χ2v) is 8.47. The van der Waals surface area contributed by atoms with E-state index in [1.54, 1.807) is 0 Å². The molecule has 0 saturated heterocycles. The second kappa shape index (κ2) is 4.53. The van der Waals surface area contributed by atoms with E-state index in [0.717, 1.165) is 38.5 Å². The molecule has 6 atom stereocenters. The van der Waals surface area contributed by atoms with Crippen LogP contribution in [0.2, 0.25) is 0 Å². The fraction of sp³-hybridized carbons (Fsp3) is 0.789. The monoisotopic (exact) mass is 302 g/mol. The summed E-state index contributed by atoms with van der Waals surface area (Å²) in [4.78, 5) is 24.2. The van der Waals surface area contributed by atoms with Gasteiger partial charge in [0.2, 0.25) is 0 Å². The molecule has 3 fully saturated rings. The number of Topliss-reactive ketones (excluding diaryl/α,β-unsaturated/α-hetero) is 1. The summed E-state index contributed by atoms with van der Waals surface area (Å²) in [5, 5.41) is 10.7. The number of aliphatic hydroxyl groups excluding tert-OH is 1. The Labute approximate surface area is 132 Å². The molecule has 1 N–H and O–H groups in total. The van der Waals surface area contributed by atoms with Crippen molar-refractivity contribution in [2.75, 3.05) is 0 Å². The minimum atomic E-state index is -0.547. The van der Waals surface area contributed by atoms with E-state index in [0.29, 0.717) is 23.5 Å². The average molecular weight is 302 g/mol. The lowest BCUT2D eigenvalue weighted by Gasteiger charge is -2.58. The molecular formula is C19H26O3. The van der Waals surface area contributed by atoms with Crippen LogP contribution < -0.4 is 0 Å². The molecule has 4 aliphatic rings. The minimum absolute atomic E-state index is 0.0788. The molecule has 4 rings (SSSR count). The molecule has 4 aliphatic carbocycles. The molecule has 0 bridgehead atoms. The van der Waals surface area contributed by atoms with Crippen LogP contribution in [0.25, 0.3) is 0 Å². The summed E-state index contributed by atoms with van der Waals surface area (Å²) >= 11 is 0. The first-order valence-corrected chi connectivity index (χ1v) is 8.82. The molecule has 1 unspecified atom stereocenters. The summed E-state index contributed by atoms with van der Waals surface area (Å²) in [6.07, 6.45) is 7.28. The highest BCUT2D eigenvalue weighted by Crippen LogP contribution is 2.64. The van der Waals surface area contributed by atoms with Crippen molar-refractivity contribution in [3.63, 3.8) is 0 Å². The lowest BCUT2D eigenvalue weighted by atomic mass is 9.47. The van der Waals surface area contributed by atoms with Crippen LogP contribution in [-0.2, 0) is 9.59 Å². The second-order valence-electron chi connectivity index (χ2n) is 8.47. The molecule has 0 aromatic rings. The van der Waals surface area contributed by atoms with E-state index in [4.69, 9.17) is 0 Å². The topological polar surface area (TPSA) is 54.4 Å². The van der Waals surface area contributed by atoms with Crippen molar-refractivity contribution in [2.24, 2.45) is 28.6 Å². The SMILES string of the molecule is C[C@]12CC[C@H]3[C@@H](CCC4=CC(=O)CC(O)[C@@]43C)[C@@H]1CCC2=O. The largest absolute Gasteiger partial charge is 0.392 e.